The summed E-state index contributed by atoms with van der Waals surface area (Å²) in [6.07, 6.45) is 3.42. The van der Waals surface area contributed by atoms with Crippen LogP contribution in [0.1, 0.15) is 13.8 Å². The summed E-state index contributed by atoms with van der Waals surface area (Å²) in [6.45, 7) is 4.08. The maximum atomic E-state index is 10.7. The average molecular weight is 152 g/mol. The highest BCUT2D eigenvalue weighted by Gasteiger charge is 1.89. The lowest BCUT2D eigenvalue weighted by molar-refractivity contribution is 0.731. The lowest BCUT2D eigenvalue weighted by Gasteiger charge is -2.11. The number of hydrogen-bond acceptors (Lipinski definition) is 2. The zero-order valence-electron chi connectivity index (χ0n) is 6.74. The van der Waals surface area contributed by atoms with Gasteiger partial charge in [-0.1, -0.05) is 0 Å². The molecule has 0 saturated heterocycles. The van der Waals surface area contributed by atoms with Crippen molar-refractivity contribution < 1.29 is 0 Å². The molecule has 0 atom stereocenters. The van der Waals surface area contributed by atoms with Crippen molar-refractivity contribution in [1.82, 2.24) is 4.68 Å². The molecule has 60 valence electrons. The van der Waals surface area contributed by atoms with E-state index in [0.717, 1.165) is 0 Å². The van der Waals surface area contributed by atoms with Crippen LogP contribution in [0.25, 0.3) is 0 Å². The van der Waals surface area contributed by atoms with E-state index in [1.54, 1.807) is 17.1 Å². The van der Waals surface area contributed by atoms with Gasteiger partial charge in [-0.3, -0.25) is 9.47 Å². The Kier molecular flexibility index (Phi) is 2.31. The summed E-state index contributed by atoms with van der Waals surface area (Å²) in [5, 5.41) is 0. The number of pyridine rings is 1. The highest BCUT2D eigenvalue weighted by Crippen LogP contribution is 1.83. The molecule has 0 radical (unpaired) electrons. The predicted molar refractivity (Wildman–Crippen MR) is 45.2 cm³/mol. The third-order valence-electron chi connectivity index (χ3n) is 1.21. The highest BCUT2D eigenvalue weighted by molar-refractivity contribution is 4.95. The fourth-order valence-electron chi connectivity index (χ4n) is 0.797. The average Bonchev–Trinajstić information content (AvgIpc) is 1.93. The van der Waals surface area contributed by atoms with Gasteiger partial charge in [-0.15, -0.1) is 0 Å². The fraction of sp³-hybridized carbons (Fsp3) is 0.375. The van der Waals surface area contributed by atoms with Crippen molar-refractivity contribution >= 4 is 0 Å². The van der Waals surface area contributed by atoms with E-state index in [9.17, 15) is 4.79 Å². The Bertz CT molecular complexity index is 257. The molecule has 0 fully saturated rings. The first kappa shape index (κ1) is 7.85. The number of nitrogens with one attached hydrogen (secondary N) is 1. The molecule has 1 rings (SSSR count). The predicted octanol–water partition coefficient (Wildman–Crippen LogP) is 0.800. The molecule has 0 spiro atoms. The van der Waals surface area contributed by atoms with E-state index in [1.807, 2.05) is 13.8 Å². The maximum Gasteiger partial charge on any atom is 0.181 e. The highest BCUT2D eigenvalue weighted by atomic mass is 16.1. The van der Waals surface area contributed by atoms with Crippen molar-refractivity contribution in [1.29, 1.82) is 0 Å². The van der Waals surface area contributed by atoms with Gasteiger partial charge in [0.2, 0.25) is 0 Å². The second-order valence-electron chi connectivity index (χ2n) is 2.72. The topological polar surface area (TPSA) is 34.0 Å². The second kappa shape index (κ2) is 3.23. The van der Waals surface area contributed by atoms with Crippen LogP contribution in [0.4, 0.5) is 0 Å². The van der Waals surface area contributed by atoms with Crippen LogP contribution in [-0.4, -0.2) is 10.7 Å². The Morgan fingerprint density at radius 1 is 1.36 bits per heavy atom. The number of hydrogen-bond donors (Lipinski definition) is 1. The molecule has 0 saturated carbocycles. The quantitative estimate of drug-likeness (QED) is 0.680. The molecule has 0 aromatic carbocycles. The molecule has 3 nitrogen and oxygen atoms in total. The molecule has 1 heterocycles. The monoisotopic (exact) mass is 152 g/mol. The van der Waals surface area contributed by atoms with Crippen molar-refractivity contribution in [2.45, 2.75) is 19.9 Å². The molecule has 0 amide bonds. The minimum absolute atomic E-state index is 0.0341. The Hall–Kier alpha value is -1.25. The van der Waals surface area contributed by atoms with E-state index in [1.165, 1.54) is 12.1 Å². The second-order valence-corrected chi connectivity index (χ2v) is 2.72. The first-order chi connectivity index (χ1) is 5.18. The van der Waals surface area contributed by atoms with Crippen molar-refractivity contribution in [3.8, 4) is 0 Å². The van der Waals surface area contributed by atoms with Crippen LogP contribution in [0.5, 0.6) is 0 Å². The summed E-state index contributed by atoms with van der Waals surface area (Å²) in [7, 11) is 0. The summed E-state index contributed by atoms with van der Waals surface area (Å²) in [5.41, 5.74) is 3.14. The molecule has 1 N–H and O–H groups in total. The number of nitrogens with zero attached hydrogens (tertiary/aromatic N) is 1. The molecular formula is C8H12N2O. The molecule has 0 aliphatic carbocycles. The van der Waals surface area contributed by atoms with Crippen molar-refractivity contribution in [2.24, 2.45) is 0 Å². The van der Waals surface area contributed by atoms with Crippen molar-refractivity contribution in [2.75, 3.05) is 5.43 Å². The summed E-state index contributed by atoms with van der Waals surface area (Å²) in [5.74, 6) is 0. The first-order valence-corrected chi connectivity index (χ1v) is 3.63. The van der Waals surface area contributed by atoms with Gasteiger partial charge in [-0.2, -0.15) is 0 Å². The molecular weight excluding hydrogens is 140 g/mol. The van der Waals surface area contributed by atoms with Crippen molar-refractivity contribution in [3.05, 3.63) is 34.7 Å². The third-order valence-corrected chi connectivity index (χ3v) is 1.21. The Morgan fingerprint density at radius 2 is 1.91 bits per heavy atom. The lowest BCUT2D eigenvalue weighted by atomic mass is 10.4. The van der Waals surface area contributed by atoms with Gasteiger partial charge in [0, 0.05) is 30.6 Å². The summed E-state index contributed by atoms with van der Waals surface area (Å²) in [4.78, 5) is 10.7. The summed E-state index contributed by atoms with van der Waals surface area (Å²) < 4.78 is 1.77. The molecule has 11 heavy (non-hydrogen) atoms. The Balaban J connectivity index is 2.74. The van der Waals surface area contributed by atoms with Gasteiger partial charge in [-0.25, -0.2) is 0 Å². The Labute approximate surface area is 65.6 Å². The van der Waals surface area contributed by atoms with Gasteiger partial charge in [-0.05, 0) is 13.8 Å². The molecule has 1 aromatic heterocycles. The minimum atomic E-state index is 0.0341. The first-order valence-electron chi connectivity index (χ1n) is 3.63. The standard InChI is InChI=1S/C8H12N2O/c1-7(2)9-10-5-3-8(11)4-6-10/h3-7,9H,1-2H3. The summed E-state index contributed by atoms with van der Waals surface area (Å²) >= 11 is 0. The van der Waals surface area contributed by atoms with Gasteiger partial charge in [0.05, 0.1) is 0 Å². The van der Waals surface area contributed by atoms with E-state index in [4.69, 9.17) is 0 Å². The molecule has 0 bridgehead atoms. The lowest BCUT2D eigenvalue weighted by Crippen LogP contribution is -2.22. The van der Waals surface area contributed by atoms with Gasteiger partial charge in [0.25, 0.3) is 0 Å². The fourth-order valence-corrected chi connectivity index (χ4v) is 0.797. The molecule has 3 heteroatoms. The normalized spacial score (nSPS) is 10.1. The van der Waals surface area contributed by atoms with Crippen LogP contribution in [0.15, 0.2) is 29.3 Å². The molecule has 0 unspecified atom stereocenters. The number of rotatable bonds is 2. The van der Waals surface area contributed by atoms with Crippen LogP contribution in [0.3, 0.4) is 0 Å². The summed E-state index contributed by atoms with van der Waals surface area (Å²) in [6, 6.07) is 3.42. The van der Waals surface area contributed by atoms with E-state index in [0.29, 0.717) is 6.04 Å². The van der Waals surface area contributed by atoms with Crippen LogP contribution in [0, 0.1) is 0 Å². The SMILES string of the molecule is CC(C)Nn1ccc(=O)cc1. The zero-order valence-corrected chi connectivity index (χ0v) is 6.74. The van der Waals surface area contributed by atoms with Gasteiger partial charge >= 0.3 is 0 Å². The Morgan fingerprint density at radius 3 is 2.36 bits per heavy atom. The minimum Gasteiger partial charge on any atom is -0.324 e. The van der Waals surface area contributed by atoms with Crippen LogP contribution < -0.4 is 10.9 Å². The van der Waals surface area contributed by atoms with E-state index in [-0.39, 0.29) is 5.43 Å². The third kappa shape index (κ3) is 2.45. The smallest absolute Gasteiger partial charge is 0.181 e. The molecule has 0 aliphatic rings. The van der Waals surface area contributed by atoms with Gasteiger partial charge in [0.1, 0.15) is 0 Å². The largest absolute Gasteiger partial charge is 0.324 e. The molecule has 0 aliphatic heterocycles. The van der Waals surface area contributed by atoms with E-state index >= 15 is 0 Å². The number of aromatic nitrogens is 1. The van der Waals surface area contributed by atoms with Crippen LogP contribution >= 0.6 is 0 Å². The maximum absolute atomic E-state index is 10.7. The van der Waals surface area contributed by atoms with Crippen molar-refractivity contribution in [3.63, 3.8) is 0 Å². The van der Waals surface area contributed by atoms with Gasteiger partial charge < -0.3 is 5.43 Å². The van der Waals surface area contributed by atoms with Crippen LogP contribution in [0.2, 0.25) is 0 Å². The van der Waals surface area contributed by atoms with Gasteiger partial charge in [0.15, 0.2) is 5.43 Å². The zero-order chi connectivity index (χ0) is 8.27. The molecule has 1 aromatic rings. The van der Waals surface area contributed by atoms with E-state index in [2.05, 4.69) is 5.43 Å². The van der Waals surface area contributed by atoms with Crippen LogP contribution in [-0.2, 0) is 0 Å². The van der Waals surface area contributed by atoms with E-state index < -0.39 is 0 Å².